The Hall–Kier alpha value is -2.29. The van der Waals surface area contributed by atoms with Crippen LogP contribution in [0.15, 0.2) is 30.3 Å². The Morgan fingerprint density at radius 1 is 0.900 bits per heavy atom. The predicted octanol–water partition coefficient (Wildman–Crippen LogP) is 3.77. The summed E-state index contributed by atoms with van der Waals surface area (Å²) >= 11 is 0. The zero-order valence-electron chi connectivity index (χ0n) is 12.2. The number of benzene rings is 1. The van der Waals surface area contributed by atoms with Crippen molar-refractivity contribution < 1.29 is 9.59 Å². The fraction of sp³-hybridized carbons (Fsp3) is 0.235. The molecule has 0 radical (unpaired) electrons. The molecular weight excluding hydrogens is 250 g/mol. The highest BCUT2D eigenvalue weighted by Crippen LogP contribution is 2.28. The molecule has 2 aromatic rings. The van der Waals surface area contributed by atoms with Gasteiger partial charge in [-0.15, -0.1) is 0 Å². The molecule has 0 amide bonds. The Balaban J connectivity index is 2.83. The molecule has 102 valence electrons. The van der Waals surface area contributed by atoms with Crippen LogP contribution in [0.5, 0.6) is 0 Å². The summed E-state index contributed by atoms with van der Waals surface area (Å²) in [5.41, 5.74) is 4.01. The summed E-state index contributed by atoms with van der Waals surface area (Å²) in [6, 6.07) is 9.57. The van der Waals surface area contributed by atoms with Gasteiger partial charge in [0.05, 0.1) is 5.69 Å². The minimum absolute atomic E-state index is 0.0605. The number of Topliss-reactive ketones (excluding diaryl/α,β-unsaturated/α-hetero) is 2. The van der Waals surface area contributed by atoms with Crippen LogP contribution in [0, 0.1) is 13.8 Å². The number of aryl methyl sites for hydroxylation is 1. The van der Waals surface area contributed by atoms with Crippen molar-refractivity contribution in [1.29, 1.82) is 0 Å². The van der Waals surface area contributed by atoms with Gasteiger partial charge in [0.1, 0.15) is 0 Å². The van der Waals surface area contributed by atoms with Crippen molar-refractivity contribution in [2.45, 2.75) is 27.7 Å². The van der Waals surface area contributed by atoms with Gasteiger partial charge in [-0.25, -0.2) is 0 Å². The maximum atomic E-state index is 12.0. The lowest BCUT2D eigenvalue weighted by Gasteiger charge is -2.15. The molecule has 1 aromatic heterocycles. The van der Waals surface area contributed by atoms with Crippen molar-refractivity contribution in [2.75, 3.05) is 0 Å². The zero-order chi connectivity index (χ0) is 14.9. The predicted molar refractivity (Wildman–Crippen MR) is 79.2 cm³/mol. The van der Waals surface area contributed by atoms with Gasteiger partial charge in [-0.05, 0) is 33.3 Å². The average Bonchev–Trinajstić information content (AvgIpc) is 2.38. The van der Waals surface area contributed by atoms with E-state index in [9.17, 15) is 9.59 Å². The summed E-state index contributed by atoms with van der Waals surface area (Å²) in [7, 11) is 0. The number of hydrogen-bond acceptors (Lipinski definition) is 3. The van der Waals surface area contributed by atoms with Crippen molar-refractivity contribution in [2.24, 2.45) is 0 Å². The van der Waals surface area contributed by atoms with E-state index in [1.807, 2.05) is 37.3 Å². The molecule has 3 heteroatoms. The summed E-state index contributed by atoms with van der Waals surface area (Å²) in [6.07, 6.45) is 0. The van der Waals surface area contributed by atoms with Gasteiger partial charge in [0, 0.05) is 22.4 Å². The normalized spacial score (nSPS) is 10.4. The Morgan fingerprint density at radius 3 is 1.95 bits per heavy atom. The molecule has 0 N–H and O–H groups in total. The number of carbonyl (C=O) groups is 2. The number of ketones is 2. The molecule has 0 unspecified atom stereocenters. The minimum Gasteiger partial charge on any atom is -0.294 e. The monoisotopic (exact) mass is 267 g/mol. The first-order chi connectivity index (χ1) is 9.43. The van der Waals surface area contributed by atoms with Gasteiger partial charge in [-0.2, -0.15) is 0 Å². The smallest absolute Gasteiger partial charge is 0.162 e. The number of nitrogens with zero attached hydrogens (tertiary/aromatic N) is 1. The van der Waals surface area contributed by atoms with Gasteiger partial charge in [-0.3, -0.25) is 14.6 Å². The molecule has 0 saturated heterocycles. The molecule has 3 nitrogen and oxygen atoms in total. The Morgan fingerprint density at radius 2 is 1.45 bits per heavy atom. The van der Waals surface area contributed by atoms with Crippen molar-refractivity contribution in [3.63, 3.8) is 0 Å². The summed E-state index contributed by atoms with van der Waals surface area (Å²) < 4.78 is 0. The average molecular weight is 267 g/mol. The summed E-state index contributed by atoms with van der Waals surface area (Å²) in [6.45, 7) is 6.63. The van der Waals surface area contributed by atoms with Crippen molar-refractivity contribution in [1.82, 2.24) is 4.98 Å². The Labute approximate surface area is 118 Å². The molecule has 20 heavy (non-hydrogen) atoms. The molecule has 2 rings (SSSR count). The van der Waals surface area contributed by atoms with Gasteiger partial charge in [0.15, 0.2) is 11.6 Å². The van der Waals surface area contributed by atoms with Crippen LogP contribution in [0.3, 0.4) is 0 Å². The standard InChI is InChI=1S/C17H17NO2/c1-10-15(12(3)19)11(2)18-17(16(10)13(4)20)14-8-6-5-7-9-14/h5-9H,1-4H3. The first-order valence-corrected chi connectivity index (χ1v) is 6.52. The first kappa shape index (κ1) is 14.1. The van der Waals surface area contributed by atoms with E-state index in [-0.39, 0.29) is 11.6 Å². The summed E-state index contributed by atoms with van der Waals surface area (Å²) in [5.74, 6) is -0.133. The third kappa shape index (κ3) is 2.39. The highest BCUT2D eigenvalue weighted by molar-refractivity contribution is 6.06. The fourth-order valence-electron chi connectivity index (χ4n) is 2.61. The van der Waals surface area contributed by atoms with E-state index in [4.69, 9.17) is 0 Å². The number of pyridine rings is 1. The number of carbonyl (C=O) groups excluding carboxylic acids is 2. The largest absolute Gasteiger partial charge is 0.294 e. The van der Waals surface area contributed by atoms with Gasteiger partial charge >= 0.3 is 0 Å². The van der Waals surface area contributed by atoms with E-state index in [1.165, 1.54) is 13.8 Å². The molecule has 0 aliphatic carbocycles. The molecule has 0 atom stereocenters. The van der Waals surface area contributed by atoms with Gasteiger partial charge in [-0.1, -0.05) is 30.3 Å². The van der Waals surface area contributed by atoms with E-state index in [2.05, 4.69) is 4.98 Å². The SMILES string of the molecule is CC(=O)c1c(C)nc(-c2ccccc2)c(C(C)=O)c1C. The van der Waals surface area contributed by atoms with Gasteiger partial charge < -0.3 is 0 Å². The van der Waals surface area contributed by atoms with E-state index in [1.54, 1.807) is 6.92 Å². The van der Waals surface area contributed by atoms with Crippen LogP contribution in [-0.2, 0) is 0 Å². The third-order valence-corrected chi connectivity index (χ3v) is 3.38. The molecule has 0 spiro atoms. The Kier molecular flexibility index (Phi) is 3.79. The third-order valence-electron chi connectivity index (χ3n) is 3.38. The van der Waals surface area contributed by atoms with Crippen molar-refractivity contribution >= 4 is 11.6 Å². The molecule has 1 heterocycles. The molecular formula is C17H17NO2. The lowest BCUT2D eigenvalue weighted by atomic mass is 9.92. The fourth-order valence-corrected chi connectivity index (χ4v) is 2.61. The molecule has 0 aliphatic heterocycles. The van der Waals surface area contributed by atoms with Crippen LogP contribution in [0.1, 0.15) is 45.8 Å². The number of aromatic nitrogens is 1. The van der Waals surface area contributed by atoms with Gasteiger partial charge in [0.25, 0.3) is 0 Å². The van der Waals surface area contributed by atoms with Crippen LogP contribution in [0.25, 0.3) is 11.3 Å². The minimum atomic E-state index is -0.0728. The molecule has 0 saturated carbocycles. The van der Waals surface area contributed by atoms with Crippen LogP contribution >= 0.6 is 0 Å². The van der Waals surface area contributed by atoms with Crippen molar-refractivity contribution in [3.8, 4) is 11.3 Å². The van der Waals surface area contributed by atoms with E-state index in [0.29, 0.717) is 22.5 Å². The van der Waals surface area contributed by atoms with Crippen LogP contribution in [0.4, 0.5) is 0 Å². The van der Waals surface area contributed by atoms with Crippen LogP contribution in [-0.4, -0.2) is 16.6 Å². The maximum Gasteiger partial charge on any atom is 0.162 e. The van der Waals surface area contributed by atoms with Crippen LogP contribution in [0.2, 0.25) is 0 Å². The summed E-state index contributed by atoms with van der Waals surface area (Å²) in [4.78, 5) is 28.3. The van der Waals surface area contributed by atoms with E-state index >= 15 is 0 Å². The zero-order valence-corrected chi connectivity index (χ0v) is 12.2. The van der Waals surface area contributed by atoms with Gasteiger partial charge in [0.2, 0.25) is 0 Å². The first-order valence-electron chi connectivity index (χ1n) is 6.52. The van der Waals surface area contributed by atoms with E-state index in [0.717, 1.165) is 11.1 Å². The number of rotatable bonds is 3. The maximum absolute atomic E-state index is 12.0. The lowest BCUT2D eigenvalue weighted by Crippen LogP contribution is -2.11. The second-order valence-electron chi connectivity index (χ2n) is 4.90. The highest BCUT2D eigenvalue weighted by Gasteiger charge is 2.20. The topological polar surface area (TPSA) is 47.0 Å². The second kappa shape index (κ2) is 5.37. The molecule has 1 aromatic carbocycles. The highest BCUT2D eigenvalue weighted by atomic mass is 16.1. The van der Waals surface area contributed by atoms with E-state index < -0.39 is 0 Å². The quantitative estimate of drug-likeness (QED) is 0.795. The molecule has 0 aliphatic rings. The van der Waals surface area contributed by atoms with Crippen molar-refractivity contribution in [3.05, 3.63) is 52.7 Å². The second-order valence-corrected chi connectivity index (χ2v) is 4.90. The summed E-state index contributed by atoms with van der Waals surface area (Å²) in [5, 5.41) is 0. The molecule has 0 bridgehead atoms. The Bertz CT molecular complexity index is 688. The van der Waals surface area contributed by atoms with Crippen LogP contribution < -0.4 is 0 Å². The lowest BCUT2D eigenvalue weighted by molar-refractivity contribution is 0.101. The molecule has 0 fully saturated rings. The number of hydrogen-bond donors (Lipinski definition) is 0.